The van der Waals surface area contributed by atoms with Gasteiger partial charge in [0.05, 0.1) is 6.61 Å². The van der Waals surface area contributed by atoms with Crippen LogP contribution >= 0.6 is 0 Å². The molecular weight excluding hydrogens is 230 g/mol. The molecule has 1 aromatic carbocycles. The van der Waals surface area contributed by atoms with Crippen molar-refractivity contribution in [3.05, 3.63) is 35.4 Å². The van der Waals surface area contributed by atoms with Gasteiger partial charge >= 0.3 is 0 Å². The summed E-state index contributed by atoms with van der Waals surface area (Å²) in [4.78, 5) is 13.6. The molecule has 5 nitrogen and oxygen atoms in total. The summed E-state index contributed by atoms with van der Waals surface area (Å²) in [6.07, 6.45) is 1.03. The van der Waals surface area contributed by atoms with Gasteiger partial charge in [-0.2, -0.15) is 0 Å². The van der Waals surface area contributed by atoms with Crippen LogP contribution < -0.4 is 11.3 Å². The fourth-order valence-electron chi connectivity index (χ4n) is 1.88. The van der Waals surface area contributed by atoms with Gasteiger partial charge in [0, 0.05) is 18.7 Å². The number of amides is 1. The summed E-state index contributed by atoms with van der Waals surface area (Å²) in [6, 6.07) is 7.35. The molecule has 0 atom stereocenters. The first-order valence-electron chi connectivity index (χ1n) is 6.14. The lowest BCUT2D eigenvalue weighted by atomic mass is 10.1. The number of hydrazine groups is 1. The summed E-state index contributed by atoms with van der Waals surface area (Å²) >= 11 is 0. The molecule has 4 N–H and O–H groups in total. The number of carbonyl (C=O) groups excluding carboxylic acids is 1. The third-order valence-electron chi connectivity index (χ3n) is 2.68. The third-order valence-corrected chi connectivity index (χ3v) is 2.68. The molecule has 1 aromatic rings. The Kier molecular flexibility index (Phi) is 6.35. The quantitative estimate of drug-likeness (QED) is 0.374. The van der Waals surface area contributed by atoms with Crippen molar-refractivity contribution in [2.45, 2.75) is 19.9 Å². The molecular formula is C13H21N3O2. The highest BCUT2D eigenvalue weighted by molar-refractivity contribution is 5.93. The molecule has 0 unspecified atom stereocenters. The van der Waals surface area contributed by atoms with Gasteiger partial charge in [0.15, 0.2) is 0 Å². The second-order valence-corrected chi connectivity index (χ2v) is 4.17. The van der Waals surface area contributed by atoms with Gasteiger partial charge in [0.2, 0.25) is 0 Å². The number of carbonyl (C=O) groups is 1. The molecule has 0 saturated carbocycles. The van der Waals surface area contributed by atoms with E-state index in [9.17, 15) is 4.79 Å². The van der Waals surface area contributed by atoms with E-state index in [0.29, 0.717) is 12.1 Å². The van der Waals surface area contributed by atoms with Crippen LogP contribution in [0.15, 0.2) is 24.3 Å². The molecule has 0 heterocycles. The van der Waals surface area contributed by atoms with Crippen LogP contribution in [0.3, 0.4) is 0 Å². The summed E-state index contributed by atoms with van der Waals surface area (Å²) < 4.78 is 0. The molecule has 0 bridgehead atoms. The van der Waals surface area contributed by atoms with Crippen LogP contribution in [0.2, 0.25) is 0 Å². The Balaban J connectivity index is 2.73. The first-order valence-corrected chi connectivity index (χ1v) is 6.14. The summed E-state index contributed by atoms with van der Waals surface area (Å²) in [7, 11) is 0. The molecule has 0 saturated heterocycles. The van der Waals surface area contributed by atoms with Crippen LogP contribution in [0.25, 0.3) is 0 Å². The van der Waals surface area contributed by atoms with Gasteiger partial charge in [0.25, 0.3) is 5.91 Å². The maximum atomic E-state index is 11.4. The Hall–Kier alpha value is -1.43. The number of nitrogens with one attached hydrogen (secondary N) is 1. The van der Waals surface area contributed by atoms with Gasteiger partial charge in [0.1, 0.15) is 0 Å². The van der Waals surface area contributed by atoms with E-state index in [1.807, 2.05) is 18.2 Å². The molecule has 18 heavy (non-hydrogen) atoms. The fourth-order valence-corrected chi connectivity index (χ4v) is 1.88. The van der Waals surface area contributed by atoms with Gasteiger partial charge in [-0.15, -0.1) is 0 Å². The van der Waals surface area contributed by atoms with Gasteiger partial charge in [-0.25, -0.2) is 5.84 Å². The van der Waals surface area contributed by atoms with Crippen molar-refractivity contribution in [1.82, 2.24) is 10.3 Å². The van der Waals surface area contributed by atoms with Crippen molar-refractivity contribution in [2.75, 3.05) is 19.7 Å². The zero-order valence-electron chi connectivity index (χ0n) is 10.7. The first-order chi connectivity index (χ1) is 8.71. The number of hydrogen-bond acceptors (Lipinski definition) is 4. The highest BCUT2D eigenvalue weighted by atomic mass is 16.3. The maximum Gasteiger partial charge on any atom is 0.265 e. The minimum absolute atomic E-state index is 0.142. The normalized spacial score (nSPS) is 10.7. The topological polar surface area (TPSA) is 78.6 Å². The largest absolute Gasteiger partial charge is 0.395 e. The molecule has 0 spiro atoms. The number of nitrogens with two attached hydrogens (primary N) is 1. The maximum absolute atomic E-state index is 11.4. The van der Waals surface area contributed by atoms with Crippen molar-refractivity contribution in [3.8, 4) is 0 Å². The summed E-state index contributed by atoms with van der Waals surface area (Å²) in [5.74, 6) is 4.82. The van der Waals surface area contributed by atoms with Crippen molar-refractivity contribution in [3.63, 3.8) is 0 Å². The van der Waals surface area contributed by atoms with Crippen molar-refractivity contribution in [1.29, 1.82) is 0 Å². The number of nitrogen functional groups attached to an aromatic ring is 1. The van der Waals surface area contributed by atoms with Crippen LogP contribution in [0.4, 0.5) is 0 Å². The van der Waals surface area contributed by atoms with Crippen LogP contribution in [-0.4, -0.2) is 35.6 Å². The summed E-state index contributed by atoms with van der Waals surface area (Å²) in [5, 5.41) is 9.00. The average molecular weight is 251 g/mol. The van der Waals surface area contributed by atoms with Gasteiger partial charge < -0.3 is 5.11 Å². The molecule has 5 heteroatoms. The smallest absolute Gasteiger partial charge is 0.265 e. The number of nitrogens with zero attached hydrogens (tertiary/aromatic N) is 1. The predicted octanol–water partition coefficient (Wildman–Crippen LogP) is 0.494. The first kappa shape index (κ1) is 14.6. The number of aliphatic hydroxyl groups is 1. The second-order valence-electron chi connectivity index (χ2n) is 4.17. The van der Waals surface area contributed by atoms with E-state index in [-0.39, 0.29) is 12.5 Å². The minimum Gasteiger partial charge on any atom is -0.395 e. The number of benzene rings is 1. The van der Waals surface area contributed by atoms with E-state index >= 15 is 0 Å². The number of hydrogen-bond donors (Lipinski definition) is 3. The van der Waals surface area contributed by atoms with E-state index in [1.165, 1.54) is 0 Å². The summed E-state index contributed by atoms with van der Waals surface area (Å²) in [6.45, 7) is 4.53. The summed E-state index contributed by atoms with van der Waals surface area (Å²) in [5.41, 5.74) is 3.71. The average Bonchev–Trinajstić information content (AvgIpc) is 2.39. The van der Waals surface area contributed by atoms with Crippen LogP contribution in [0.1, 0.15) is 29.3 Å². The van der Waals surface area contributed by atoms with E-state index in [1.54, 1.807) is 6.07 Å². The molecule has 0 aromatic heterocycles. The van der Waals surface area contributed by atoms with E-state index < -0.39 is 0 Å². The van der Waals surface area contributed by atoms with Gasteiger partial charge in [-0.05, 0) is 30.7 Å². The second kappa shape index (κ2) is 7.81. The number of rotatable bonds is 7. The Bertz CT molecular complexity index is 376. The van der Waals surface area contributed by atoms with Crippen LogP contribution in [0, 0.1) is 0 Å². The van der Waals surface area contributed by atoms with Crippen LogP contribution in [-0.2, 0) is 6.54 Å². The molecule has 0 aliphatic heterocycles. The molecule has 0 aliphatic rings. The zero-order valence-corrected chi connectivity index (χ0v) is 10.7. The molecule has 100 valence electrons. The monoisotopic (exact) mass is 251 g/mol. The Morgan fingerprint density at radius 2 is 2.22 bits per heavy atom. The van der Waals surface area contributed by atoms with E-state index in [4.69, 9.17) is 10.9 Å². The van der Waals surface area contributed by atoms with Crippen molar-refractivity contribution < 1.29 is 9.90 Å². The lowest BCUT2D eigenvalue weighted by Crippen LogP contribution is -2.30. The molecule has 0 fully saturated rings. The lowest BCUT2D eigenvalue weighted by Gasteiger charge is -2.20. The zero-order chi connectivity index (χ0) is 13.4. The Labute approximate surface area is 108 Å². The van der Waals surface area contributed by atoms with Gasteiger partial charge in [-0.3, -0.25) is 15.1 Å². The van der Waals surface area contributed by atoms with Gasteiger partial charge in [-0.1, -0.05) is 19.1 Å². The van der Waals surface area contributed by atoms with E-state index in [2.05, 4.69) is 17.2 Å². The predicted molar refractivity (Wildman–Crippen MR) is 70.7 cm³/mol. The van der Waals surface area contributed by atoms with Crippen LogP contribution in [0.5, 0.6) is 0 Å². The SMILES string of the molecule is CCCN(CCO)Cc1cccc(C(=O)NN)c1. The Morgan fingerprint density at radius 1 is 1.44 bits per heavy atom. The van der Waals surface area contributed by atoms with Crippen molar-refractivity contribution >= 4 is 5.91 Å². The third kappa shape index (κ3) is 4.44. The molecule has 0 radical (unpaired) electrons. The Morgan fingerprint density at radius 3 is 2.83 bits per heavy atom. The lowest BCUT2D eigenvalue weighted by molar-refractivity contribution is 0.0953. The standard InChI is InChI=1S/C13H21N3O2/c1-2-6-16(7-8-17)10-11-4-3-5-12(9-11)13(18)15-14/h3-5,9,17H,2,6-8,10,14H2,1H3,(H,15,18). The highest BCUT2D eigenvalue weighted by Gasteiger charge is 2.07. The fraction of sp³-hybridized carbons (Fsp3) is 0.462. The van der Waals surface area contributed by atoms with Crippen molar-refractivity contribution in [2.24, 2.45) is 5.84 Å². The highest BCUT2D eigenvalue weighted by Crippen LogP contribution is 2.08. The molecule has 1 amide bonds. The molecule has 0 aliphatic carbocycles. The number of aliphatic hydroxyl groups excluding tert-OH is 1. The molecule has 1 rings (SSSR count). The minimum atomic E-state index is -0.291. The van der Waals surface area contributed by atoms with E-state index in [0.717, 1.165) is 25.1 Å².